The van der Waals surface area contributed by atoms with Crippen LogP contribution in [0.1, 0.15) is 26.7 Å². The minimum absolute atomic E-state index is 0.161. The van der Waals surface area contributed by atoms with Gasteiger partial charge >= 0.3 is 6.03 Å². The van der Waals surface area contributed by atoms with E-state index in [1.807, 2.05) is 30.3 Å². The van der Waals surface area contributed by atoms with Crippen molar-refractivity contribution in [2.75, 3.05) is 31.6 Å². The fourth-order valence-electron chi connectivity index (χ4n) is 4.27. The molecule has 1 spiro atoms. The van der Waals surface area contributed by atoms with Crippen molar-refractivity contribution in [2.45, 2.75) is 32.2 Å². The highest BCUT2D eigenvalue weighted by molar-refractivity contribution is 6.07. The molecule has 2 saturated heterocycles. The third kappa shape index (κ3) is 2.95. The summed E-state index contributed by atoms with van der Waals surface area (Å²) in [6, 6.07) is 9.65. The number of piperidine rings is 1. The summed E-state index contributed by atoms with van der Waals surface area (Å²) < 4.78 is 5.44. The van der Waals surface area contributed by atoms with E-state index in [1.54, 1.807) is 12.0 Å². The van der Waals surface area contributed by atoms with Crippen molar-refractivity contribution < 1.29 is 14.3 Å². The van der Waals surface area contributed by atoms with E-state index in [1.165, 1.54) is 0 Å². The number of urea groups is 1. The molecule has 3 amide bonds. The van der Waals surface area contributed by atoms with Crippen molar-refractivity contribution in [3.05, 3.63) is 30.3 Å². The van der Waals surface area contributed by atoms with Gasteiger partial charge in [-0.2, -0.15) is 0 Å². The molecule has 7 nitrogen and oxygen atoms in total. The van der Waals surface area contributed by atoms with Crippen LogP contribution in [-0.2, 0) is 4.79 Å². The molecule has 0 unspecified atom stereocenters. The second-order valence-corrected chi connectivity index (χ2v) is 7.98. The molecule has 2 fully saturated rings. The number of para-hydroxylation sites is 1. The molecule has 2 aromatic rings. The second kappa shape index (κ2) is 6.96. The molecule has 0 atom stereocenters. The Kier molecular flexibility index (Phi) is 4.61. The van der Waals surface area contributed by atoms with E-state index in [4.69, 9.17) is 9.72 Å². The first-order chi connectivity index (χ1) is 13.4. The summed E-state index contributed by atoms with van der Waals surface area (Å²) in [6.45, 7) is 6.05. The number of pyridine rings is 1. The highest BCUT2D eigenvalue weighted by Crippen LogP contribution is 2.36. The summed E-state index contributed by atoms with van der Waals surface area (Å²) in [5, 5.41) is 3.55. The van der Waals surface area contributed by atoms with E-state index < -0.39 is 5.54 Å². The van der Waals surface area contributed by atoms with Crippen LogP contribution in [0.5, 0.6) is 5.75 Å². The number of fused-ring (bicyclic) bond motifs is 1. The highest BCUT2D eigenvalue weighted by Gasteiger charge is 2.54. The Balaban J connectivity index is 1.58. The summed E-state index contributed by atoms with van der Waals surface area (Å²) in [5.41, 5.74) is 0.102. The van der Waals surface area contributed by atoms with Crippen LogP contribution >= 0.6 is 0 Å². The van der Waals surface area contributed by atoms with E-state index in [0.29, 0.717) is 38.4 Å². The lowest BCUT2D eigenvalue weighted by atomic mass is 9.85. The van der Waals surface area contributed by atoms with Gasteiger partial charge in [0.2, 0.25) is 0 Å². The Morgan fingerprint density at radius 2 is 1.93 bits per heavy atom. The van der Waals surface area contributed by atoms with Crippen LogP contribution in [0.3, 0.4) is 0 Å². The van der Waals surface area contributed by atoms with Gasteiger partial charge in [-0.25, -0.2) is 9.78 Å². The number of imide groups is 1. The van der Waals surface area contributed by atoms with Crippen molar-refractivity contribution in [1.29, 1.82) is 0 Å². The monoisotopic (exact) mass is 382 g/mol. The van der Waals surface area contributed by atoms with Crippen LogP contribution in [0.25, 0.3) is 10.9 Å². The largest absolute Gasteiger partial charge is 0.494 e. The van der Waals surface area contributed by atoms with Crippen molar-refractivity contribution in [3.8, 4) is 5.75 Å². The number of rotatable bonds is 4. The molecule has 1 N–H and O–H groups in total. The smallest absolute Gasteiger partial charge is 0.325 e. The molecule has 148 valence electrons. The predicted octanol–water partition coefficient (Wildman–Crippen LogP) is 2.79. The summed E-state index contributed by atoms with van der Waals surface area (Å²) in [7, 11) is 1.65. The van der Waals surface area contributed by atoms with Gasteiger partial charge in [-0.05, 0) is 37.0 Å². The number of hydrogen-bond donors (Lipinski definition) is 1. The van der Waals surface area contributed by atoms with Crippen LogP contribution in [-0.4, -0.2) is 54.1 Å². The molecule has 2 aliphatic heterocycles. The zero-order valence-electron chi connectivity index (χ0n) is 16.6. The maximum Gasteiger partial charge on any atom is 0.325 e. The molecule has 1 aromatic carbocycles. The number of carbonyl (C=O) groups excluding carboxylic acids is 2. The zero-order chi connectivity index (χ0) is 19.9. The first-order valence-corrected chi connectivity index (χ1v) is 9.76. The fraction of sp³-hybridized carbons (Fsp3) is 0.476. The van der Waals surface area contributed by atoms with E-state index in [9.17, 15) is 9.59 Å². The maximum absolute atomic E-state index is 12.6. The van der Waals surface area contributed by atoms with E-state index in [2.05, 4.69) is 24.1 Å². The topological polar surface area (TPSA) is 74.8 Å². The molecule has 0 radical (unpaired) electrons. The third-order valence-corrected chi connectivity index (χ3v) is 5.76. The molecular weight excluding hydrogens is 356 g/mol. The number of hydrogen-bond acceptors (Lipinski definition) is 5. The normalized spacial score (nSPS) is 19.0. The van der Waals surface area contributed by atoms with Crippen LogP contribution in [0.4, 0.5) is 10.6 Å². The summed E-state index contributed by atoms with van der Waals surface area (Å²) in [4.78, 5) is 33.7. The predicted molar refractivity (Wildman–Crippen MR) is 108 cm³/mol. The van der Waals surface area contributed by atoms with Crippen molar-refractivity contribution in [2.24, 2.45) is 5.92 Å². The van der Waals surface area contributed by atoms with Crippen LogP contribution in [0, 0.1) is 5.92 Å². The number of amides is 3. The first-order valence-electron chi connectivity index (χ1n) is 9.76. The Morgan fingerprint density at radius 3 is 2.61 bits per heavy atom. The van der Waals surface area contributed by atoms with Crippen molar-refractivity contribution >= 4 is 28.7 Å². The number of carbonyl (C=O) groups is 2. The van der Waals surface area contributed by atoms with Gasteiger partial charge in [0, 0.05) is 25.0 Å². The Bertz CT molecular complexity index is 919. The number of nitrogens with one attached hydrogen (secondary N) is 1. The van der Waals surface area contributed by atoms with Crippen LogP contribution < -0.4 is 15.0 Å². The molecule has 4 rings (SSSR count). The van der Waals surface area contributed by atoms with Gasteiger partial charge in [0.15, 0.2) is 0 Å². The molecule has 28 heavy (non-hydrogen) atoms. The van der Waals surface area contributed by atoms with Crippen molar-refractivity contribution in [3.63, 3.8) is 0 Å². The van der Waals surface area contributed by atoms with Gasteiger partial charge < -0.3 is 14.5 Å². The average molecular weight is 382 g/mol. The van der Waals surface area contributed by atoms with Gasteiger partial charge in [0.25, 0.3) is 5.91 Å². The fourth-order valence-corrected chi connectivity index (χ4v) is 4.27. The summed E-state index contributed by atoms with van der Waals surface area (Å²) in [6.07, 6.45) is 1.20. The Hall–Kier alpha value is -2.83. The number of ether oxygens (including phenoxy) is 1. The van der Waals surface area contributed by atoms with E-state index in [0.717, 1.165) is 22.5 Å². The molecule has 3 heterocycles. The summed E-state index contributed by atoms with van der Waals surface area (Å²) >= 11 is 0. The number of nitrogens with zero attached hydrogens (tertiary/aromatic N) is 3. The molecule has 0 bridgehead atoms. The molecule has 1 aromatic heterocycles. The lowest BCUT2D eigenvalue weighted by Crippen LogP contribution is -2.57. The summed E-state index contributed by atoms with van der Waals surface area (Å²) in [5.74, 6) is 1.76. The molecule has 2 aliphatic rings. The molecular formula is C21H26N4O3. The molecule has 0 saturated carbocycles. The Morgan fingerprint density at radius 1 is 1.18 bits per heavy atom. The quantitative estimate of drug-likeness (QED) is 0.823. The molecule has 7 heteroatoms. The van der Waals surface area contributed by atoms with Crippen LogP contribution in [0.15, 0.2) is 30.3 Å². The molecule has 0 aliphatic carbocycles. The first kappa shape index (κ1) is 18.5. The van der Waals surface area contributed by atoms with E-state index in [-0.39, 0.29) is 11.9 Å². The van der Waals surface area contributed by atoms with Gasteiger partial charge in [-0.3, -0.25) is 10.1 Å². The third-order valence-electron chi connectivity index (χ3n) is 5.76. The zero-order valence-corrected chi connectivity index (χ0v) is 16.6. The van der Waals surface area contributed by atoms with Crippen molar-refractivity contribution in [1.82, 2.24) is 15.2 Å². The van der Waals surface area contributed by atoms with Gasteiger partial charge in [-0.15, -0.1) is 0 Å². The van der Waals surface area contributed by atoms with E-state index >= 15 is 0 Å². The lowest BCUT2D eigenvalue weighted by molar-refractivity contribution is -0.127. The standard InChI is InChI=1S/C21H26N4O3/c1-14(2)13-25-20(27)23-19(26)21(25)9-11-24(12-10-21)17-8-7-15-5-4-6-16(28-3)18(15)22-17/h4-8,14H,9-13H2,1-3H3,(H,23,26,27). The lowest BCUT2D eigenvalue weighted by Gasteiger charge is -2.43. The minimum atomic E-state index is -0.730. The van der Waals surface area contributed by atoms with Crippen LogP contribution in [0.2, 0.25) is 0 Å². The average Bonchev–Trinajstić information content (AvgIpc) is 2.91. The SMILES string of the molecule is COc1cccc2ccc(N3CCC4(CC3)C(=O)NC(=O)N4CC(C)C)nc12. The van der Waals surface area contributed by atoms with Gasteiger partial charge in [-0.1, -0.05) is 26.0 Å². The number of aromatic nitrogens is 1. The number of anilines is 1. The highest BCUT2D eigenvalue weighted by atomic mass is 16.5. The Labute approximate surface area is 164 Å². The second-order valence-electron chi connectivity index (χ2n) is 7.98. The number of methoxy groups -OCH3 is 1. The minimum Gasteiger partial charge on any atom is -0.494 e. The van der Waals surface area contributed by atoms with Gasteiger partial charge in [0.1, 0.15) is 22.6 Å². The van der Waals surface area contributed by atoms with Gasteiger partial charge in [0.05, 0.1) is 7.11 Å². The number of benzene rings is 1. The maximum atomic E-state index is 12.6.